The van der Waals surface area contributed by atoms with Gasteiger partial charge in [0, 0.05) is 10.9 Å². The summed E-state index contributed by atoms with van der Waals surface area (Å²) in [6.07, 6.45) is 3.82. The number of hydrogen-bond donors (Lipinski definition) is 0. The van der Waals surface area contributed by atoms with Gasteiger partial charge < -0.3 is 0 Å². The molecule has 0 saturated carbocycles. The van der Waals surface area contributed by atoms with Crippen LogP contribution in [0.2, 0.25) is 0 Å². The van der Waals surface area contributed by atoms with Crippen LogP contribution in [0.25, 0.3) is 0 Å². The highest BCUT2D eigenvalue weighted by atomic mass is 32.2. The third-order valence-corrected chi connectivity index (χ3v) is 2.93. The lowest BCUT2D eigenvalue weighted by molar-refractivity contribution is 0.563. The van der Waals surface area contributed by atoms with E-state index in [-0.39, 0.29) is 0 Å². The molecule has 1 aromatic rings. The number of thioether (sulfide) groups is 1. The number of carbonyl (C=O) groups excluding carboxylic acids is 1. The maximum atomic E-state index is 10.0. The van der Waals surface area contributed by atoms with E-state index in [0.29, 0.717) is 5.56 Å². The van der Waals surface area contributed by atoms with Gasteiger partial charge in [0.05, 0.1) is 4.21 Å². The standard InChI is InChI=1S/C6H5OS2/c1-8-6-2-5(3-7)4-9-6/h2,4H,1H3. The van der Waals surface area contributed by atoms with Crippen LogP contribution in [0.5, 0.6) is 0 Å². The summed E-state index contributed by atoms with van der Waals surface area (Å²) in [5.41, 5.74) is 0.657. The summed E-state index contributed by atoms with van der Waals surface area (Å²) in [6, 6.07) is 1.84. The van der Waals surface area contributed by atoms with Gasteiger partial charge in [-0.05, 0) is 12.3 Å². The zero-order chi connectivity index (χ0) is 6.69. The second-order valence-corrected chi connectivity index (χ2v) is 3.48. The van der Waals surface area contributed by atoms with E-state index >= 15 is 0 Å². The molecular weight excluding hydrogens is 152 g/mol. The predicted molar refractivity (Wildman–Crippen MR) is 40.9 cm³/mol. The van der Waals surface area contributed by atoms with Crippen molar-refractivity contribution in [3.8, 4) is 0 Å². The molecule has 1 nitrogen and oxygen atoms in total. The summed E-state index contributed by atoms with van der Waals surface area (Å²) < 4.78 is 1.16. The van der Waals surface area contributed by atoms with Gasteiger partial charge in [0.1, 0.15) is 0 Å². The van der Waals surface area contributed by atoms with E-state index in [2.05, 4.69) is 0 Å². The highest BCUT2D eigenvalue weighted by Crippen LogP contribution is 2.22. The molecule has 0 aromatic carbocycles. The predicted octanol–water partition coefficient (Wildman–Crippen LogP) is 1.93. The largest absolute Gasteiger partial charge is 0.285 e. The van der Waals surface area contributed by atoms with E-state index < -0.39 is 0 Å². The van der Waals surface area contributed by atoms with E-state index in [4.69, 9.17) is 0 Å². The maximum absolute atomic E-state index is 10.0. The molecule has 1 radical (unpaired) electrons. The molecule has 47 valence electrons. The molecule has 0 saturated heterocycles. The first-order valence-electron chi connectivity index (χ1n) is 2.37. The molecule has 0 fully saturated rings. The highest BCUT2D eigenvalue weighted by Gasteiger charge is 1.95. The van der Waals surface area contributed by atoms with E-state index in [1.807, 2.05) is 18.6 Å². The van der Waals surface area contributed by atoms with Crippen molar-refractivity contribution in [3.63, 3.8) is 0 Å². The van der Waals surface area contributed by atoms with Crippen LogP contribution in [0.4, 0.5) is 0 Å². The summed E-state index contributed by atoms with van der Waals surface area (Å²) in [7, 11) is 0. The summed E-state index contributed by atoms with van der Waals surface area (Å²) >= 11 is 3.22. The van der Waals surface area contributed by atoms with Crippen LogP contribution in [0.3, 0.4) is 0 Å². The zero-order valence-electron chi connectivity index (χ0n) is 4.88. The lowest BCUT2D eigenvalue weighted by Gasteiger charge is -1.79. The summed E-state index contributed by atoms with van der Waals surface area (Å²) in [5.74, 6) is 0. The van der Waals surface area contributed by atoms with Crippen LogP contribution in [-0.4, -0.2) is 12.5 Å². The SMILES string of the molecule is CSc1cc([C]=O)cs1. The van der Waals surface area contributed by atoms with Gasteiger partial charge in [-0.3, -0.25) is 4.79 Å². The average molecular weight is 157 g/mol. The van der Waals surface area contributed by atoms with Crippen molar-refractivity contribution in [3.05, 3.63) is 17.0 Å². The molecule has 0 unspecified atom stereocenters. The first-order valence-corrected chi connectivity index (χ1v) is 4.48. The van der Waals surface area contributed by atoms with Gasteiger partial charge in [-0.15, -0.1) is 23.1 Å². The van der Waals surface area contributed by atoms with Gasteiger partial charge >= 0.3 is 0 Å². The average Bonchev–Trinajstić information content (AvgIpc) is 2.34. The minimum absolute atomic E-state index is 0.657. The molecule has 1 heterocycles. The molecule has 0 N–H and O–H groups in total. The summed E-state index contributed by atoms with van der Waals surface area (Å²) in [4.78, 5) is 10.0. The first kappa shape index (κ1) is 6.83. The molecule has 9 heavy (non-hydrogen) atoms. The molecule has 1 rings (SSSR count). The van der Waals surface area contributed by atoms with Gasteiger partial charge in [0.15, 0.2) is 0 Å². The molecule has 1 aromatic heterocycles. The van der Waals surface area contributed by atoms with Crippen molar-refractivity contribution >= 4 is 29.4 Å². The third-order valence-electron chi connectivity index (χ3n) is 0.894. The number of thiophene rings is 1. The fraction of sp³-hybridized carbons (Fsp3) is 0.167. The lowest BCUT2D eigenvalue weighted by atomic mass is 10.4. The lowest BCUT2D eigenvalue weighted by Crippen LogP contribution is -1.67. The van der Waals surface area contributed by atoms with Crippen LogP contribution in [0.15, 0.2) is 15.7 Å². The molecule has 0 atom stereocenters. The molecule has 0 spiro atoms. The van der Waals surface area contributed by atoms with Gasteiger partial charge in [-0.1, -0.05) is 0 Å². The van der Waals surface area contributed by atoms with Crippen molar-refractivity contribution < 1.29 is 4.79 Å². The molecule has 3 heteroatoms. The van der Waals surface area contributed by atoms with Crippen molar-refractivity contribution in [2.75, 3.05) is 6.26 Å². The maximum Gasteiger partial charge on any atom is 0.234 e. The molecule has 0 bridgehead atoms. The smallest absolute Gasteiger partial charge is 0.234 e. The van der Waals surface area contributed by atoms with Crippen molar-refractivity contribution in [1.29, 1.82) is 0 Å². The Morgan fingerprint density at radius 2 is 2.56 bits per heavy atom. The van der Waals surface area contributed by atoms with Crippen LogP contribution < -0.4 is 0 Å². The molecule has 0 aliphatic heterocycles. The highest BCUT2D eigenvalue weighted by molar-refractivity contribution is 8.00. The Morgan fingerprint density at radius 3 is 2.89 bits per heavy atom. The Bertz CT molecular complexity index is 205. The van der Waals surface area contributed by atoms with Gasteiger partial charge in [0.2, 0.25) is 6.29 Å². The Kier molecular flexibility index (Phi) is 2.30. The van der Waals surface area contributed by atoms with E-state index in [1.54, 1.807) is 28.5 Å². The Morgan fingerprint density at radius 1 is 1.78 bits per heavy atom. The Balaban J connectivity index is 2.86. The number of hydrogen-bond acceptors (Lipinski definition) is 3. The first-order chi connectivity index (χ1) is 4.36. The van der Waals surface area contributed by atoms with E-state index in [0.717, 1.165) is 4.21 Å². The fourth-order valence-corrected chi connectivity index (χ4v) is 1.81. The van der Waals surface area contributed by atoms with E-state index in [9.17, 15) is 4.79 Å². The van der Waals surface area contributed by atoms with Crippen molar-refractivity contribution in [2.24, 2.45) is 0 Å². The minimum Gasteiger partial charge on any atom is -0.285 e. The van der Waals surface area contributed by atoms with Gasteiger partial charge in [-0.25, -0.2) is 0 Å². The fourth-order valence-electron chi connectivity index (χ4n) is 0.477. The van der Waals surface area contributed by atoms with Crippen molar-refractivity contribution in [2.45, 2.75) is 4.21 Å². The van der Waals surface area contributed by atoms with Gasteiger partial charge in [-0.2, -0.15) is 0 Å². The van der Waals surface area contributed by atoms with Crippen LogP contribution in [0.1, 0.15) is 5.56 Å². The van der Waals surface area contributed by atoms with Crippen LogP contribution in [-0.2, 0) is 4.79 Å². The molecule has 0 amide bonds. The molecular formula is C6H5OS2. The molecule has 0 aliphatic rings. The normalized spacial score (nSPS) is 9.44. The van der Waals surface area contributed by atoms with Crippen LogP contribution >= 0.6 is 23.1 Å². The van der Waals surface area contributed by atoms with Gasteiger partial charge in [0.25, 0.3) is 0 Å². The second kappa shape index (κ2) is 3.03. The summed E-state index contributed by atoms with van der Waals surface area (Å²) in [6.45, 7) is 0. The topological polar surface area (TPSA) is 17.1 Å². The third kappa shape index (κ3) is 1.56. The quantitative estimate of drug-likeness (QED) is 0.610. The Hall–Kier alpha value is -0.280. The monoisotopic (exact) mass is 157 g/mol. The number of rotatable bonds is 2. The minimum atomic E-state index is 0.657. The Labute approximate surface area is 62.1 Å². The second-order valence-electron chi connectivity index (χ2n) is 1.46. The summed E-state index contributed by atoms with van der Waals surface area (Å²) in [5, 5.41) is 1.80. The van der Waals surface area contributed by atoms with Crippen LogP contribution in [0, 0.1) is 0 Å². The molecule has 0 aliphatic carbocycles. The van der Waals surface area contributed by atoms with Crippen molar-refractivity contribution in [1.82, 2.24) is 0 Å². The zero-order valence-corrected chi connectivity index (χ0v) is 6.51. The van der Waals surface area contributed by atoms with E-state index in [1.165, 1.54) is 0 Å².